The summed E-state index contributed by atoms with van der Waals surface area (Å²) in [7, 11) is 2.71. The van der Waals surface area contributed by atoms with Crippen LogP contribution in [0.4, 0.5) is 18.9 Å². The van der Waals surface area contributed by atoms with Gasteiger partial charge in [-0.05, 0) is 17.7 Å². The van der Waals surface area contributed by atoms with E-state index in [1.54, 1.807) is 0 Å². The zero-order valence-electron chi connectivity index (χ0n) is 14.0. The molecule has 0 saturated heterocycles. The molecule has 0 unspecified atom stereocenters. The number of aromatic nitrogens is 2. The van der Waals surface area contributed by atoms with Crippen molar-refractivity contribution in [1.82, 2.24) is 9.78 Å². The van der Waals surface area contributed by atoms with Crippen molar-refractivity contribution >= 4 is 17.6 Å². The summed E-state index contributed by atoms with van der Waals surface area (Å²) >= 11 is 0. The number of carbonyl (C=O) groups excluding carboxylic acids is 2. The molecule has 0 aliphatic heterocycles. The van der Waals surface area contributed by atoms with Crippen LogP contribution in [0.3, 0.4) is 0 Å². The number of methoxy groups -OCH3 is 1. The normalized spacial score (nSPS) is 11.3. The van der Waals surface area contributed by atoms with Gasteiger partial charge in [0.05, 0.1) is 25.6 Å². The van der Waals surface area contributed by atoms with Crippen LogP contribution in [0, 0.1) is 0 Å². The van der Waals surface area contributed by atoms with Crippen LogP contribution in [-0.2, 0) is 23.1 Å². The number of nitrogens with zero attached hydrogens (tertiary/aromatic N) is 2. The van der Waals surface area contributed by atoms with Gasteiger partial charge in [-0.15, -0.1) is 0 Å². The fourth-order valence-corrected chi connectivity index (χ4v) is 2.15. The average Bonchev–Trinajstić information content (AvgIpc) is 2.93. The Bertz CT molecular complexity index is 802. The minimum atomic E-state index is -4.42. The summed E-state index contributed by atoms with van der Waals surface area (Å²) in [6, 6.07) is 5.94. The van der Waals surface area contributed by atoms with Crippen molar-refractivity contribution < 1.29 is 32.2 Å². The molecule has 1 aromatic carbocycles. The molecule has 26 heavy (non-hydrogen) atoms. The highest BCUT2D eigenvalue weighted by Gasteiger charge is 2.27. The fraction of sp³-hybridized carbons (Fsp3) is 0.312. The number of esters is 1. The summed E-state index contributed by atoms with van der Waals surface area (Å²) in [5.41, 5.74) is 0.813. The Balaban J connectivity index is 2.09. The number of anilines is 1. The highest BCUT2D eigenvalue weighted by molar-refractivity contribution is 6.07. The molecule has 2 rings (SSSR count). The van der Waals surface area contributed by atoms with Gasteiger partial charge in [0, 0.05) is 12.6 Å². The van der Waals surface area contributed by atoms with Gasteiger partial charge in [-0.1, -0.05) is 12.1 Å². The summed E-state index contributed by atoms with van der Waals surface area (Å²) in [6.07, 6.45) is -3.12. The number of benzene rings is 1. The second-order valence-corrected chi connectivity index (χ2v) is 5.28. The molecule has 0 saturated carbocycles. The predicted octanol–water partition coefficient (Wildman–Crippen LogP) is 2.54. The second-order valence-electron chi connectivity index (χ2n) is 5.28. The first-order valence-corrected chi connectivity index (χ1v) is 7.36. The number of aryl methyl sites for hydroxylation is 1. The average molecular weight is 371 g/mol. The Morgan fingerprint density at radius 3 is 2.69 bits per heavy atom. The Kier molecular flexibility index (Phi) is 5.98. The molecule has 0 aliphatic rings. The first kappa shape index (κ1) is 19.4. The lowest BCUT2D eigenvalue weighted by molar-refractivity contribution is -0.176. The molecule has 1 heterocycles. The quantitative estimate of drug-likeness (QED) is 0.789. The van der Waals surface area contributed by atoms with Crippen LogP contribution in [-0.4, -0.2) is 41.5 Å². The number of alkyl halides is 3. The number of rotatable bonds is 6. The minimum Gasteiger partial charge on any atom is -0.464 e. The lowest BCUT2D eigenvalue weighted by Crippen LogP contribution is -2.17. The summed E-state index contributed by atoms with van der Waals surface area (Å²) in [5.74, 6) is -1.23. The minimum absolute atomic E-state index is 0.0607. The molecule has 7 nitrogen and oxygen atoms in total. The van der Waals surface area contributed by atoms with E-state index >= 15 is 0 Å². The van der Waals surface area contributed by atoms with Gasteiger partial charge in [0.25, 0.3) is 5.91 Å². The Labute approximate surface area is 146 Å². The van der Waals surface area contributed by atoms with Gasteiger partial charge in [-0.25, -0.2) is 4.79 Å². The molecular weight excluding hydrogens is 355 g/mol. The van der Waals surface area contributed by atoms with E-state index < -0.39 is 24.7 Å². The van der Waals surface area contributed by atoms with Gasteiger partial charge in [-0.3, -0.25) is 9.48 Å². The van der Waals surface area contributed by atoms with E-state index in [2.05, 4.69) is 19.9 Å². The Hall–Kier alpha value is -2.88. The molecule has 0 atom stereocenters. The Morgan fingerprint density at radius 1 is 1.31 bits per heavy atom. The van der Waals surface area contributed by atoms with Gasteiger partial charge in [-0.2, -0.15) is 18.3 Å². The van der Waals surface area contributed by atoms with Crippen LogP contribution in [0.25, 0.3) is 0 Å². The summed E-state index contributed by atoms with van der Waals surface area (Å²) in [6.45, 7) is -1.66. The predicted molar refractivity (Wildman–Crippen MR) is 84.7 cm³/mol. The van der Waals surface area contributed by atoms with Crippen LogP contribution in [0.2, 0.25) is 0 Å². The van der Waals surface area contributed by atoms with Crippen molar-refractivity contribution in [2.24, 2.45) is 7.05 Å². The van der Waals surface area contributed by atoms with Crippen molar-refractivity contribution in [1.29, 1.82) is 0 Å². The monoisotopic (exact) mass is 371 g/mol. The van der Waals surface area contributed by atoms with Crippen LogP contribution in [0.5, 0.6) is 0 Å². The third-order valence-corrected chi connectivity index (χ3v) is 3.29. The second kappa shape index (κ2) is 8.00. The van der Waals surface area contributed by atoms with Crippen LogP contribution >= 0.6 is 0 Å². The van der Waals surface area contributed by atoms with Crippen molar-refractivity contribution in [3.8, 4) is 0 Å². The molecule has 0 bridgehead atoms. The van der Waals surface area contributed by atoms with Crippen molar-refractivity contribution in [3.63, 3.8) is 0 Å². The standard InChI is InChI=1S/C16H16F3N3O4/c1-22-13(15(24)25-2)12(7-20-22)21-14(23)11-5-3-4-10(6-11)8-26-9-16(17,18)19/h3-7H,8-9H2,1-2H3,(H,21,23). The highest BCUT2D eigenvalue weighted by atomic mass is 19.4. The van der Waals surface area contributed by atoms with E-state index in [1.165, 1.54) is 49.3 Å². The summed E-state index contributed by atoms with van der Waals surface area (Å²) < 4.78 is 46.8. The van der Waals surface area contributed by atoms with Crippen LogP contribution in [0.1, 0.15) is 26.4 Å². The molecule has 0 aliphatic carbocycles. The molecule has 0 fully saturated rings. The fourth-order valence-electron chi connectivity index (χ4n) is 2.15. The van der Waals surface area contributed by atoms with Gasteiger partial charge in [0.2, 0.25) is 0 Å². The molecule has 0 spiro atoms. The zero-order chi connectivity index (χ0) is 19.3. The van der Waals surface area contributed by atoms with E-state index in [1.807, 2.05) is 0 Å². The lowest BCUT2D eigenvalue weighted by Gasteiger charge is -2.09. The molecule has 1 N–H and O–H groups in total. The molecular formula is C16H16F3N3O4. The third-order valence-electron chi connectivity index (χ3n) is 3.29. The van der Waals surface area contributed by atoms with Gasteiger partial charge in [0.15, 0.2) is 5.69 Å². The summed E-state index contributed by atoms with van der Waals surface area (Å²) in [4.78, 5) is 24.1. The van der Waals surface area contributed by atoms with Gasteiger partial charge < -0.3 is 14.8 Å². The van der Waals surface area contributed by atoms with E-state index in [4.69, 9.17) is 0 Å². The molecule has 140 valence electrons. The smallest absolute Gasteiger partial charge is 0.411 e. The topological polar surface area (TPSA) is 82.4 Å². The van der Waals surface area contributed by atoms with Crippen molar-refractivity contribution in [3.05, 3.63) is 47.3 Å². The van der Waals surface area contributed by atoms with Gasteiger partial charge in [0.1, 0.15) is 6.61 Å². The third kappa shape index (κ3) is 5.06. The summed E-state index contributed by atoms with van der Waals surface area (Å²) in [5, 5.41) is 6.41. The highest BCUT2D eigenvalue weighted by Crippen LogP contribution is 2.18. The molecule has 2 aromatic rings. The number of ether oxygens (including phenoxy) is 2. The Morgan fingerprint density at radius 2 is 2.04 bits per heavy atom. The van der Waals surface area contributed by atoms with E-state index in [0.717, 1.165) is 0 Å². The first-order chi connectivity index (χ1) is 12.2. The number of carbonyl (C=O) groups is 2. The number of amides is 1. The lowest BCUT2D eigenvalue weighted by atomic mass is 10.1. The van der Waals surface area contributed by atoms with E-state index in [9.17, 15) is 22.8 Å². The van der Waals surface area contributed by atoms with Gasteiger partial charge >= 0.3 is 12.1 Å². The van der Waals surface area contributed by atoms with E-state index in [-0.39, 0.29) is 23.6 Å². The zero-order valence-corrected chi connectivity index (χ0v) is 14.0. The first-order valence-electron chi connectivity index (χ1n) is 7.36. The van der Waals surface area contributed by atoms with Crippen molar-refractivity contribution in [2.75, 3.05) is 19.0 Å². The molecule has 1 amide bonds. The maximum atomic E-state index is 12.4. The van der Waals surface area contributed by atoms with Crippen LogP contribution < -0.4 is 5.32 Å². The maximum absolute atomic E-state index is 12.4. The largest absolute Gasteiger partial charge is 0.464 e. The van der Waals surface area contributed by atoms with Crippen molar-refractivity contribution in [2.45, 2.75) is 12.8 Å². The molecule has 0 radical (unpaired) electrons. The number of hydrogen-bond donors (Lipinski definition) is 1. The molecule has 10 heteroatoms. The van der Waals surface area contributed by atoms with Crippen LogP contribution in [0.15, 0.2) is 30.5 Å². The molecule has 1 aromatic heterocycles. The number of hydrogen-bond acceptors (Lipinski definition) is 5. The SMILES string of the molecule is COC(=O)c1c(NC(=O)c2cccc(COCC(F)(F)F)c2)cnn1C. The number of nitrogens with one attached hydrogen (secondary N) is 1. The number of halogens is 3. The maximum Gasteiger partial charge on any atom is 0.411 e. The van der Waals surface area contributed by atoms with E-state index in [0.29, 0.717) is 5.56 Å².